The first-order valence-corrected chi connectivity index (χ1v) is 10.8. The molecule has 3 aromatic rings. The first-order valence-electron chi connectivity index (χ1n) is 9.90. The van der Waals surface area contributed by atoms with E-state index in [1.54, 1.807) is 24.3 Å². The molecule has 0 bridgehead atoms. The monoisotopic (exact) mass is 433 g/mol. The molecular weight excluding hydrogens is 410 g/mol. The number of Topliss-reactive ketones (excluding diaryl/α,β-unsaturated/α-hetero) is 1. The Morgan fingerprint density at radius 3 is 2.42 bits per heavy atom. The largest absolute Gasteiger partial charge is 0.507 e. The molecule has 2 aromatic carbocycles. The van der Waals surface area contributed by atoms with Crippen molar-refractivity contribution in [2.24, 2.45) is 0 Å². The molecule has 1 amide bonds. The maximum atomic E-state index is 13.2. The first-order chi connectivity index (χ1) is 14.8. The third kappa shape index (κ3) is 3.53. The van der Waals surface area contributed by atoms with Crippen molar-refractivity contribution in [3.05, 3.63) is 86.6 Å². The summed E-state index contributed by atoms with van der Waals surface area (Å²) in [6.45, 7) is 5.91. The number of hydrogen-bond donors (Lipinski definition) is 1. The number of aliphatic hydroxyl groups is 1. The highest BCUT2D eigenvalue weighted by Gasteiger charge is 2.48. The Labute approximate surface area is 185 Å². The summed E-state index contributed by atoms with van der Waals surface area (Å²) in [4.78, 5) is 28.7. The third-order valence-electron chi connectivity index (χ3n) is 5.71. The number of methoxy groups -OCH3 is 1. The summed E-state index contributed by atoms with van der Waals surface area (Å²) in [6.07, 6.45) is 0. The lowest BCUT2D eigenvalue weighted by atomic mass is 9.98. The van der Waals surface area contributed by atoms with Crippen LogP contribution in [0.1, 0.15) is 33.2 Å². The molecule has 0 saturated carbocycles. The van der Waals surface area contributed by atoms with Crippen molar-refractivity contribution in [3.8, 4) is 5.75 Å². The molecule has 1 atom stereocenters. The number of ketones is 1. The molecule has 5 nitrogen and oxygen atoms in total. The number of rotatable bonds is 4. The van der Waals surface area contributed by atoms with E-state index in [4.69, 9.17) is 4.74 Å². The second-order valence-electron chi connectivity index (χ2n) is 7.64. The Kier molecular flexibility index (Phi) is 5.41. The fourth-order valence-electron chi connectivity index (χ4n) is 3.81. The van der Waals surface area contributed by atoms with Gasteiger partial charge < -0.3 is 9.84 Å². The van der Waals surface area contributed by atoms with Crippen LogP contribution in [0.3, 0.4) is 0 Å². The summed E-state index contributed by atoms with van der Waals surface area (Å²) in [5, 5.41) is 13.1. The van der Waals surface area contributed by atoms with Gasteiger partial charge in [0.05, 0.1) is 12.7 Å². The number of ether oxygens (including phenoxy) is 1. The van der Waals surface area contributed by atoms with Crippen LogP contribution in [0.4, 0.5) is 5.69 Å². The zero-order valence-corrected chi connectivity index (χ0v) is 18.6. The first kappa shape index (κ1) is 20.9. The second kappa shape index (κ2) is 8.04. The van der Waals surface area contributed by atoms with E-state index in [9.17, 15) is 14.7 Å². The molecule has 31 heavy (non-hydrogen) atoms. The smallest absolute Gasteiger partial charge is 0.300 e. The molecule has 158 valence electrons. The summed E-state index contributed by atoms with van der Waals surface area (Å²) < 4.78 is 5.25. The maximum absolute atomic E-state index is 13.2. The van der Waals surface area contributed by atoms with Crippen LogP contribution in [0, 0.1) is 20.8 Å². The number of aryl methyl sites for hydroxylation is 3. The average molecular weight is 434 g/mol. The summed E-state index contributed by atoms with van der Waals surface area (Å²) in [6, 6.07) is 13.8. The summed E-state index contributed by atoms with van der Waals surface area (Å²) >= 11 is 1.46. The molecule has 1 aliphatic heterocycles. The van der Waals surface area contributed by atoms with Gasteiger partial charge in [0.1, 0.15) is 17.6 Å². The van der Waals surface area contributed by atoms with Gasteiger partial charge in [0, 0.05) is 16.1 Å². The van der Waals surface area contributed by atoms with E-state index in [1.165, 1.54) is 23.3 Å². The van der Waals surface area contributed by atoms with E-state index in [-0.39, 0.29) is 11.3 Å². The standard InChI is InChI=1S/C25H23NO4S/c1-14-8-9-18(12-16(14)3)26-21(24-15(2)10-11-31-24)20(23(28)25(26)29)22(27)17-6-5-7-19(13-17)30-4/h5-13,21,27H,1-4H3/b22-20-. The van der Waals surface area contributed by atoms with Gasteiger partial charge in [-0.1, -0.05) is 18.2 Å². The SMILES string of the molecule is COc1cccc(/C(O)=C2/C(=O)C(=O)N(c3ccc(C)c(C)c3)C2c2sccc2C)c1. The topological polar surface area (TPSA) is 66.8 Å². The highest BCUT2D eigenvalue weighted by molar-refractivity contribution is 7.10. The summed E-state index contributed by atoms with van der Waals surface area (Å²) in [5.41, 5.74) is 4.23. The van der Waals surface area contributed by atoms with E-state index in [1.807, 2.05) is 50.4 Å². The summed E-state index contributed by atoms with van der Waals surface area (Å²) in [5.74, 6) is -1.00. The van der Waals surface area contributed by atoms with Crippen LogP contribution < -0.4 is 9.64 Å². The molecule has 1 aliphatic rings. The Hall–Kier alpha value is -3.38. The Bertz CT molecular complexity index is 1220. The van der Waals surface area contributed by atoms with E-state index in [2.05, 4.69) is 0 Å². The third-order valence-corrected chi connectivity index (χ3v) is 6.78. The lowest BCUT2D eigenvalue weighted by Crippen LogP contribution is -2.29. The number of carbonyl (C=O) groups excluding carboxylic acids is 2. The molecule has 0 spiro atoms. The molecule has 1 aromatic heterocycles. The highest BCUT2D eigenvalue weighted by atomic mass is 32.1. The van der Waals surface area contributed by atoms with Crippen LogP contribution in [-0.4, -0.2) is 23.9 Å². The number of thiophene rings is 1. The molecule has 0 radical (unpaired) electrons. The summed E-state index contributed by atoms with van der Waals surface area (Å²) in [7, 11) is 1.53. The Morgan fingerprint density at radius 2 is 1.77 bits per heavy atom. The number of anilines is 1. The molecular formula is C25H23NO4S. The van der Waals surface area contributed by atoms with E-state index in [0.717, 1.165) is 21.6 Å². The fourth-order valence-corrected chi connectivity index (χ4v) is 4.84. The predicted octanol–water partition coefficient (Wildman–Crippen LogP) is 5.31. The van der Waals surface area contributed by atoms with Gasteiger partial charge in [-0.25, -0.2) is 0 Å². The minimum atomic E-state index is -0.701. The van der Waals surface area contributed by atoms with Gasteiger partial charge in [-0.15, -0.1) is 11.3 Å². The number of nitrogens with zero attached hydrogens (tertiary/aromatic N) is 1. The van der Waals surface area contributed by atoms with Gasteiger partial charge in [-0.2, -0.15) is 0 Å². The van der Waals surface area contributed by atoms with Crippen molar-refractivity contribution in [1.82, 2.24) is 0 Å². The van der Waals surface area contributed by atoms with Gasteiger partial charge in [0.2, 0.25) is 0 Å². The molecule has 1 unspecified atom stereocenters. The molecule has 1 N–H and O–H groups in total. The van der Waals surface area contributed by atoms with E-state index < -0.39 is 17.7 Å². The normalized spacial score (nSPS) is 17.9. The van der Waals surface area contributed by atoms with Gasteiger partial charge in [0.25, 0.3) is 11.7 Å². The van der Waals surface area contributed by atoms with Crippen LogP contribution in [-0.2, 0) is 9.59 Å². The fraction of sp³-hybridized carbons (Fsp3) is 0.200. The van der Waals surface area contributed by atoms with Gasteiger partial charge in [0.15, 0.2) is 0 Å². The van der Waals surface area contributed by atoms with Gasteiger partial charge in [-0.05, 0) is 73.2 Å². The molecule has 0 aliphatic carbocycles. The van der Waals surface area contributed by atoms with Crippen LogP contribution in [0.2, 0.25) is 0 Å². The van der Waals surface area contributed by atoms with Crippen molar-refractivity contribution in [1.29, 1.82) is 0 Å². The van der Waals surface area contributed by atoms with Crippen LogP contribution >= 0.6 is 11.3 Å². The quantitative estimate of drug-likeness (QED) is 0.344. The highest BCUT2D eigenvalue weighted by Crippen LogP contribution is 2.45. The Morgan fingerprint density at radius 1 is 1.00 bits per heavy atom. The minimum Gasteiger partial charge on any atom is -0.507 e. The number of aliphatic hydroxyl groups excluding tert-OH is 1. The van der Waals surface area contributed by atoms with Crippen LogP contribution in [0.25, 0.3) is 5.76 Å². The van der Waals surface area contributed by atoms with Crippen molar-refractivity contribution in [2.45, 2.75) is 26.8 Å². The van der Waals surface area contributed by atoms with E-state index in [0.29, 0.717) is 17.0 Å². The zero-order chi connectivity index (χ0) is 22.3. The lowest BCUT2D eigenvalue weighted by Gasteiger charge is -2.25. The number of hydrogen-bond acceptors (Lipinski definition) is 5. The van der Waals surface area contributed by atoms with Crippen LogP contribution in [0.5, 0.6) is 5.75 Å². The number of benzene rings is 2. The molecule has 2 heterocycles. The van der Waals surface area contributed by atoms with E-state index >= 15 is 0 Å². The second-order valence-corrected chi connectivity index (χ2v) is 8.59. The molecule has 1 fully saturated rings. The number of carbonyl (C=O) groups is 2. The van der Waals surface area contributed by atoms with Crippen LogP contribution in [0.15, 0.2) is 59.5 Å². The minimum absolute atomic E-state index is 0.0852. The lowest BCUT2D eigenvalue weighted by molar-refractivity contribution is -0.132. The zero-order valence-electron chi connectivity index (χ0n) is 17.8. The average Bonchev–Trinajstić information content (AvgIpc) is 3.30. The van der Waals surface area contributed by atoms with Crippen molar-refractivity contribution >= 4 is 34.5 Å². The van der Waals surface area contributed by atoms with Crippen molar-refractivity contribution < 1.29 is 19.4 Å². The maximum Gasteiger partial charge on any atom is 0.300 e. The number of amides is 1. The van der Waals surface area contributed by atoms with Crippen molar-refractivity contribution in [2.75, 3.05) is 12.0 Å². The van der Waals surface area contributed by atoms with Gasteiger partial charge >= 0.3 is 0 Å². The molecule has 1 saturated heterocycles. The Balaban J connectivity index is 1.96. The predicted molar refractivity (Wildman–Crippen MR) is 123 cm³/mol. The molecule has 4 rings (SSSR count). The van der Waals surface area contributed by atoms with Crippen molar-refractivity contribution in [3.63, 3.8) is 0 Å². The molecule has 6 heteroatoms. The van der Waals surface area contributed by atoms with Gasteiger partial charge in [-0.3, -0.25) is 14.5 Å².